The van der Waals surface area contributed by atoms with Crippen LogP contribution in [0.2, 0.25) is 10.0 Å². The molecule has 2 rings (SSSR count). The van der Waals surface area contributed by atoms with E-state index in [1.807, 2.05) is 6.07 Å². The van der Waals surface area contributed by atoms with E-state index >= 15 is 0 Å². The average molecular weight is 313 g/mol. The van der Waals surface area contributed by atoms with Gasteiger partial charge in [-0.15, -0.1) is 11.8 Å². The predicted octanol–water partition coefficient (Wildman–Crippen LogP) is 4.98. The Morgan fingerprint density at radius 1 is 1.16 bits per heavy atom. The van der Waals surface area contributed by atoms with Gasteiger partial charge in [0, 0.05) is 20.7 Å². The Bertz CT molecular complexity index is 614. The molecule has 0 aliphatic carbocycles. The summed E-state index contributed by atoms with van der Waals surface area (Å²) in [6.45, 7) is 0. The third-order valence-electron chi connectivity index (χ3n) is 2.51. The van der Waals surface area contributed by atoms with E-state index in [4.69, 9.17) is 28.3 Å². The van der Waals surface area contributed by atoms with Gasteiger partial charge in [0.25, 0.3) is 0 Å². The summed E-state index contributed by atoms with van der Waals surface area (Å²) in [4.78, 5) is 11.8. The van der Waals surface area contributed by atoms with Gasteiger partial charge >= 0.3 is 5.97 Å². The van der Waals surface area contributed by atoms with E-state index in [1.54, 1.807) is 36.4 Å². The second kappa shape index (κ2) is 6.33. The molecule has 0 aromatic heterocycles. The van der Waals surface area contributed by atoms with Gasteiger partial charge in [-0.3, -0.25) is 0 Å². The van der Waals surface area contributed by atoms with Gasteiger partial charge in [0.1, 0.15) is 0 Å². The van der Waals surface area contributed by atoms with E-state index in [0.29, 0.717) is 26.3 Å². The number of thioether (sulfide) groups is 1. The van der Waals surface area contributed by atoms with E-state index < -0.39 is 5.97 Å². The number of benzene rings is 2. The Labute approximate surface area is 125 Å². The number of aromatic carboxylic acids is 1. The molecule has 0 spiro atoms. The minimum atomic E-state index is -0.930. The molecule has 0 bridgehead atoms. The highest BCUT2D eigenvalue weighted by Gasteiger charge is 2.10. The van der Waals surface area contributed by atoms with Crippen LogP contribution in [0, 0.1) is 0 Å². The molecule has 19 heavy (non-hydrogen) atoms. The third kappa shape index (κ3) is 3.66. The van der Waals surface area contributed by atoms with Crippen LogP contribution in [0.3, 0.4) is 0 Å². The van der Waals surface area contributed by atoms with Crippen molar-refractivity contribution in [3.8, 4) is 0 Å². The summed E-state index contributed by atoms with van der Waals surface area (Å²) in [5.74, 6) is -0.357. The Morgan fingerprint density at radius 2 is 1.89 bits per heavy atom. The highest BCUT2D eigenvalue weighted by Crippen LogP contribution is 2.30. The van der Waals surface area contributed by atoms with Crippen molar-refractivity contribution >= 4 is 40.9 Å². The Morgan fingerprint density at radius 3 is 2.63 bits per heavy atom. The first kappa shape index (κ1) is 14.3. The first-order valence-electron chi connectivity index (χ1n) is 5.47. The lowest BCUT2D eigenvalue weighted by Crippen LogP contribution is -1.98. The zero-order valence-electron chi connectivity index (χ0n) is 9.77. The molecule has 0 fully saturated rings. The van der Waals surface area contributed by atoms with Crippen molar-refractivity contribution in [2.24, 2.45) is 0 Å². The molecule has 0 aliphatic rings. The molecule has 0 unspecified atom stereocenters. The number of halogens is 2. The molecule has 0 saturated heterocycles. The number of carbonyl (C=O) groups is 1. The van der Waals surface area contributed by atoms with Crippen LogP contribution in [0.25, 0.3) is 0 Å². The molecule has 0 saturated carbocycles. The molecule has 2 nitrogen and oxygen atoms in total. The van der Waals surface area contributed by atoms with Crippen LogP contribution in [0.5, 0.6) is 0 Å². The van der Waals surface area contributed by atoms with Gasteiger partial charge in [-0.05, 0) is 35.9 Å². The van der Waals surface area contributed by atoms with Crippen LogP contribution in [0.15, 0.2) is 47.4 Å². The topological polar surface area (TPSA) is 37.3 Å². The fourth-order valence-corrected chi connectivity index (χ4v) is 3.07. The standard InChI is InChI=1S/C14H10Cl2O2S/c15-10-5-6-12(16)9(7-10)8-19-13-4-2-1-3-11(13)14(17)18/h1-7H,8H2,(H,17,18). The maximum Gasteiger partial charge on any atom is 0.336 e. The van der Waals surface area contributed by atoms with Crippen LogP contribution in [-0.4, -0.2) is 11.1 Å². The molecule has 0 amide bonds. The SMILES string of the molecule is O=C(O)c1ccccc1SCc1cc(Cl)ccc1Cl. The number of carboxylic acid groups (broad SMARTS) is 1. The molecule has 98 valence electrons. The molecule has 5 heteroatoms. The summed E-state index contributed by atoms with van der Waals surface area (Å²) in [7, 11) is 0. The van der Waals surface area contributed by atoms with Crippen molar-refractivity contribution < 1.29 is 9.90 Å². The quantitative estimate of drug-likeness (QED) is 0.809. The average Bonchev–Trinajstić information content (AvgIpc) is 2.40. The second-order valence-electron chi connectivity index (χ2n) is 3.83. The minimum Gasteiger partial charge on any atom is -0.478 e. The third-order valence-corrected chi connectivity index (χ3v) is 4.23. The summed E-state index contributed by atoms with van der Waals surface area (Å²) in [6, 6.07) is 12.2. The largest absolute Gasteiger partial charge is 0.478 e. The normalized spacial score (nSPS) is 10.4. The van der Waals surface area contributed by atoms with E-state index in [9.17, 15) is 4.79 Å². The Hall–Kier alpha value is -1.16. The summed E-state index contributed by atoms with van der Waals surface area (Å²) < 4.78 is 0. The van der Waals surface area contributed by atoms with Gasteiger partial charge in [-0.2, -0.15) is 0 Å². The van der Waals surface area contributed by atoms with Gasteiger partial charge in [0.05, 0.1) is 5.56 Å². The van der Waals surface area contributed by atoms with Crippen LogP contribution < -0.4 is 0 Å². The van der Waals surface area contributed by atoms with E-state index in [0.717, 1.165) is 5.56 Å². The second-order valence-corrected chi connectivity index (χ2v) is 5.69. The molecule has 0 atom stereocenters. The summed E-state index contributed by atoms with van der Waals surface area (Å²) in [6.07, 6.45) is 0. The van der Waals surface area contributed by atoms with Crippen LogP contribution >= 0.6 is 35.0 Å². The molecule has 0 heterocycles. The molecular formula is C14H10Cl2O2S. The monoisotopic (exact) mass is 312 g/mol. The summed E-state index contributed by atoms with van der Waals surface area (Å²) in [5.41, 5.74) is 1.19. The minimum absolute atomic E-state index is 0.297. The fourth-order valence-electron chi connectivity index (χ4n) is 1.58. The first-order valence-corrected chi connectivity index (χ1v) is 7.21. The van der Waals surface area contributed by atoms with Crippen LogP contribution in [0.4, 0.5) is 0 Å². The smallest absolute Gasteiger partial charge is 0.336 e. The van der Waals surface area contributed by atoms with Crippen molar-refractivity contribution in [2.45, 2.75) is 10.6 Å². The zero-order valence-corrected chi connectivity index (χ0v) is 12.1. The Kier molecular flexibility index (Phi) is 4.75. The Balaban J connectivity index is 2.19. The highest BCUT2D eigenvalue weighted by atomic mass is 35.5. The highest BCUT2D eigenvalue weighted by molar-refractivity contribution is 7.98. The molecule has 0 aliphatic heterocycles. The van der Waals surface area contributed by atoms with E-state index in [2.05, 4.69) is 0 Å². The fraction of sp³-hybridized carbons (Fsp3) is 0.0714. The van der Waals surface area contributed by atoms with Crippen LogP contribution in [-0.2, 0) is 5.75 Å². The van der Waals surface area contributed by atoms with Gasteiger partial charge in [-0.25, -0.2) is 4.79 Å². The molecule has 1 N–H and O–H groups in total. The maximum absolute atomic E-state index is 11.1. The van der Waals surface area contributed by atoms with Crippen molar-refractivity contribution in [3.05, 3.63) is 63.6 Å². The molecule has 0 radical (unpaired) electrons. The number of rotatable bonds is 4. The van der Waals surface area contributed by atoms with Gasteiger partial charge in [-0.1, -0.05) is 35.3 Å². The van der Waals surface area contributed by atoms with Crippen molar-refractivity contribution in [2.75, 3.05) is 0 Å². The lowest BCUT2D eigenvalue weighted by Gasteiger charge is -2.07. The van der Waals surface area contributed by atoms with E-state index in [-0.39, 0.29) is 0 Å². The number of hydrogen-bond donors (Lipinski definition) is 1. The summed E-state index contributed by atoms with van der Waals surface area (Å²) in [5, 5.41) is 10.3. The molecule has 2 aromatic carbocycles. The van der Waals surface area contributed by atoms with Gasteiger partial charge in [0.2, 0.25) is 0 Å². The van der Waals surface area contributed by atoms with Crippen molar-refractivity contribution in [3.63, 3.8) is 0 Å². The lowest BCUT2D eigenvalue weighted by molar-refractivity contribution is 0.0693. The van der Waals surface area contributed by atoms with Crippen LogP contribution in [0.1, 0.15) is 15.9 Å². The van der Waals surface area contributed by atoms with Gasteiger partial charge < -0.3 is 5.11 Å². The zero-order chi connectivity index (χ0) is 13.8. The summed E-state index contributed by atoms with van der Waals surface area (Å²) >= 11 is 13.4. The first-order chi connectivity index (χ1) is 9.08. The number of hydrogen-bond acceptors (Lipinski definition) is 2. The van der Waals surface area contributed by atoms with Gasteiger partial charge in [0.15, 0.2) is 0 Å². The van der Waals surface area contributed by atoms with Crippen molar-refractivity contribution in [1.29, 1.82) is 0 Å². The molecule has 2 aromatic rings. The lowest BCUT2D eigenvalue weighted by atomic mass is 10.2. The van der Waals surface area contributed by atoms with E-state index in [1.165, 1.54) is 11.8 Å². The predicted molar refractivity (Wildman–Crippen MR) is 79.4 cm³/mol. The maximum atomic E-state index is 11.1. The molecular weight excluding hydrogens is 303 g/mol. The number of carboxylic acids is 1. The van der Waals surface area contributed by atoms with Crippen molar-refractivity contribution in [1.82, 2.24) is 0 Å².